The zero-order valence-electron chi connectivity index (χ0n) is 22.8. The number of carbonyl (C=O) groups excluding carboxylic acids is 3. The number of rotatable bonds is 7. The number of ketones is 1. The molecule has 2 saturated heterocycles. The summed E-state index contributed by atoms with van der Waals surface area (Å²) in [7, 11) is 1.64. The number of aromatic nitrogens is 2. The summed E-state index contributed by atoms with van der Waals surface area (Å²) in [4.78, 5) is 58.4. The van der Waals surface area contributed by atoms with Crippen LogP contribution in [0.4, 0.5) is 0 Å². The van der Waals surface area contributed by atoms with E-state index in [0.717, 1.165) is 31.6 Å². The number of amides is 2. The third-order valence-corrected chi connectivity index (χ3v) is 8.99. The number of hydrogen-bond donors (Lipinski definition) is 1. The Hall–Kier alpha value is -3.04. The minimum atomic E-state index is -0.348. The van der Waals surface area contributed by atoms with Crippen molar-refractivity contribution in [1.82, 2.24) is 24.7 Å². The summed E-state index contributed by atoms with van der Waals surface area (Å²) in [6.45, 7) is 7.49. The van der Waals surface area contributed by atoms with Gasteiger partial charge in [-0.25, -0.2) is 4.79 Å². The second-order valence-corrected chi connectivity index (χ2v) is 11.8. The van der Waals surface area contributed by atoms with Crippen molar-refractivity contribution in [3.8, 4) is 0 Å². The molecule has 5 rings (SSSR count). The van der Waals surface area contributed by atoms with Crippen molar-refractivity contribution in [2.45, 2.75) is 45.6 Å². The van der Waals surface area contributed by atoms with Crippen molar-refractivity contribution in [1.29, 1.82) is 0 Å². The van der Waals surface area contributed by atoms with Gasteiger partial charge in [0, 0.05) is 69.2 Å². The van der Waals surface area contributed by atoms with Gasteiger partial charge in [0.05, 0.1) is 17.3 Å². The third-order valence-electron chi connectivity index (χ3n) is 8.76. The molecule has 9 nitrogen and oxygen atoms in total. The molecule has 3 unspecified atom stereocenters. The van der Waals surface area contributed by atoms with Crippen LogP contribution in [0.5, 0.6) is 0 Å². The van der Waals surface area contributed by atoms with E-state index in [1.807, 2.05) is 29.2 Å². The third kappa shape index (κ3) is 5.79. The number of Topliss-reactive ketones (excluding diaryl/α,β-unsaturated/α-hetero) is 1. The summed E-state index contributed by atoms with van der Waals surface area (Å²) < 4.78 is 1.43. The number of nitrogens with zero attached hydrogens (tertiary/aromatic N) is 4. The molecule has 1 N–H and O–H groups in total. The van der Waals surface area contributed by atoms with Gasteiger partial charge in [-0.1, -0.05) is 23.7 Å². The quantitative estimate of drug-likeness (QED) is 0.565. The molecule has 1 aromatic heterocycles. The van der Waals surface area contributed by atoms with Crippen molar-refractivity contribution in [2.75, 3.05) is 32.7 Å². The van der Waals surface area contributed by atoms with Crippen LogP contribution in [0.3, 0.4) is 0 Å². The number of halogens is 1. The Morgan fingerprint density at radius 3 is 2.49 bits per heavy atom. The zero-order chi connectivity index (χ0) is 27.8. The maximum atomic E-state index is 13.4. The smallest absolute Gasteiger partial charge is 0.347 e. The van der Waals surface area contributed by atoms with Crippen molar-refractivity contribution in [3.05, 3.63) is 62.3 Å². The fourth-order valence-electron chi connectivity index (χ4n) is 6.44. The van der Waals surface area contributed by atoms with Gasteiger partial charge in [0.25, 0.3) is 5.91 Å². The van der Waals surface area contributed by atoms with Gasteiger partial charge in [0.1, 0.15) is 5.78 Å². The Morgan fingerprint density at radius 2 is 1.85 bits per heavy atom. The number of benzene rings is 1. The molecule has 208 valence electrons. The monoisotopic (exact) mass is 553 g/mol. The van der Waals surface area contributed by atoms with Crippen LogP contribution >= 0.6 is 11.6 Å². The number of nitrogens with one attached hydrogen (secondary N) is 1. The predicted molar refractivity (Wildman–Crippen MR) is 148 cm³/mol. The van der Waals surface area contributed by atoms with E-state index in [1.54, 1.807) is 20.9 Å². The molecule has 2 aliphatic heterocycles. The maximum Gasteiger partial charge on any atom is 0.347 e. The lowest BCUT2D eigenvalue weighted by Gasteiger charge is -2.26. The van der Waals surface area contributed by atoms with E-state index in [9.17, 15) is 19.2 Å². The zero-order valence-corrected chi connectivity index (χ0v) is 23.5. The minimum absolute atomic E-state index is 0.0526. The normalized spacial score (nSPS) is 23.7. The largest absolute Gasteiger partial charge is 0.349 e. The highest BCUT2D eigenvalue weighted by Gasteiger charge is 2.42. The lowest BCUT2D eigenvalue weighted by atomic mass is 10.0. The van der Waals surface area contributed by atoms with Crippen LogP contribution in [-0.2, 0) is 16.6 Å². The van der Waals surface area contributed by atoms with Crippen molar-refractivity contribution < 1.29 is 14.4 Å². The van der Waals surface area contributed by atoms with Crippen LogP contribution in [0.25, 0.3) is 0 Å². The molecule has 0 radical (unpaired) electrons. The van der Waals surface area contributed by atoms with E-state index >= 15 is 0 Å². The average Bonchev–Trinajstić information content (AvgIpc) is 3.60. The van der Waals surface area contributed by atoms with Gasteiger partial charge in [-0.3, -0.25) is 19.0 Å². The number of aryl methyl sites for hydroxylation is 1. The Balaban J connectivity index is 1.20. The maximum absolute atomic E-state index is 13.4. The number of hydrogen-bond acceptors (Lipinski definition) is 6. The first-order valence-electron chi connectivity index (χ1n) is 13.7. The van der Waals surface area contributed by atoms with E-state index < -0.39 is 0 Å². The number of fused-ring (bicyclic) bond motifs is 1. The fourth-order valence-corrected chi connectivity index (χ4v) is 6.64. The molecule has 3 aliphatic rings. The van der Waals surface area contributed by atoms with Crippen LogP contribution < -0.4 is 11.0 Å². The van der Waals surface area contributed by atoms with Crippen LogP contribution in [0.2, 0.25) is 5.02 Å². The van der Waals surface area contributed by atoms with Crippen LogP contribution in [-0.4, -0.2) is 69.7 Å². The Morgan fingerprint density at radius 1 is 1.13 bits per heavy atom. The molecule has 39 heavy (non-hydrogen) atoms. The molecule has 3 heterocycles. The van der Waals surface area contributed by atoms with E-state index in [4.69, 9.17) is 11.6 Å². The number of carbonyl (C=O) groups is 3. The van der Waals surface area contributed by atoms with Gasteiger partial charge in [0.2, 0.25) is 5.91 Å². The van der Waals surface area contributed by atoms with E-state index in [1.165, 1.54) is 4.57 Å². The SMILES string of the molecule is Cc1nc(=O)n(C)c(C)c1C(=O)N1CC2CN(CC[C@H](NC(=O)C3CCC(=O)C3)c3cccc(Cl)c3)CC2C1. The first-order chi connectivity index (χ1) is 18.6. The van der Waals surface area contributed by atoms with Crippen molar-refractivity contribution in [3.63, 3.8) is 0 Å². The van der Waals surface area contributed by atoms with E-state index in [-0.39, 0.29) is 35.2 Å². The number of likely N-dealkylation sites (tertiary alicyclic amines) is 2. The summed E-state index contributed by atoms with van der Waals surface area (Å²) in [5.41, 5.74) is 2.27. The molecular weight excluding hydrogens is 518 g/mol. The second-order valence-electron chi connectivity index (χ2n) is 11.4. The highest BCUT2D eigenvalue weighted by molar-refractivity contribution is 6.30. The standard InChI is InChI=1S/C29H36ClN5O4/c1-17-26(18(2)33(3)29(39)31-17)28(38)35-15-21-13-34(14-22(21)16-35)10-9-25(19-5-4-6-23(30)11-19)32-27(37)20-7-8-24(36)12-20/h4-6,11,20-22,25H,7-10,12-16H2,1-3H3,(H,32,37)/t20?,21?,22?,25-/m0/s1. The Bertz CT molecular complexity index is 1340. The topological polar surface area (TPSA) is 105 Å². The molecule has 3 fully saturated rings. The molecule has 4 atom stereocenters. The summed E-state index contributed by atoms with van der Waals surface area (Å²) in [5.74, 6) is 0.573. The molecule has 1 aliphatic carbocycles. The molecule has 0 spiro atoms. The summed E-state index contributed by atoms with van der Waals surface area (Å²) in [5, 5.41) is 3.82. The summed E-state index contributed by atoms with van der Waals surface area (Å²) >= 11 is 6.26. The van der Waals surface area contributed by atoms with Crippen molar-refractivity contribution in [2.24, 2.45) is 24.8 Å². The van der Waals surface area contributed by atoms with Crippen LogP contribution in [0.1, 0.15) is 59.0 Å². The van der Waals surface area contributed by atoms with Crippen LogP contribution in [0, 0.1) is 31.6 Å². The molecular formula is C29H36ClN5O4. The van der Waals surface area contributed by atoms with E-state index in [0.29, 0.717) is 66.2 Å². The van der Waals surface area contributed by atoms with Crippen molar-refractivity contribution >= 4 is 29.2 Å². The molecule has 2 aromatic rings. The van der Waals surface area contributed by atoms with Gasteiger partial charge < -0.3 is 15.1 Å². The average molecular weight is 554 g/mol. The summed E-state index contributed by atoms with van der Waals surface area (Å²) in [6, 6.07) is 7.41. The Labute approximate surface area is 233 Å². The molecule has 1 aromatic carbocycles. The first-order valence-corrected chi connectivity index (χ1v) is 14.1. The second kappa shape index (κ2) is 11.2. The summed E-state index contributed by atoms with van der Waals surface area (Å²) in [6.07, 6.45) is 2.16. The first kappa shape index (κ1) is 27.5. The minimum Gasteiger partial charge on any atom is -0.349 e. The van der Waals surface area contributed by atoms with Gasteiger partial charge >= 0.3 is 5.69 Å². The van der Waals surface area contributed by atoms with E-state index in [2.05, 4.69) is 15.2 Å². The van der Waals surface area contributed by atoms with Crippen LogP contribution in [0.15, 0.2) is 29.1 Å². The molecule has 0 bridgehead atoms. The highest BCUT2D eigenvalue weighted by Crippen LogP contribution is 2.33. The molecule has 1 saturated carbocycles. The van der Waals surface area contributed by atoms with Gasteiger partial charge in [-0.2, -0.15) is 4.98 Å². The molecule has 10 heteroatoms. The van der Waals surface area contributed by atoms with Gasteiger partial charge in [0.15, 0.2) is 0 Å². The molecule has 2 amide bonds. The highest BCUT2D eigenvalue weighted by atomic mass is 35.5. The van der Waals surface area contributed by atoms with Gasteiger partial charge in [-0.15, -0.1) is 0 Å². The lowest BCUT2D eigenvalue weighted by Crippen LogP contribution is -2.37. The fraction of sp³-hybridized carbons (Fsp3) is 0.552. The van der Waals surface area contributed by atoms with Gasteiger partial charge in [-0.05, 0) is 56.2 Å². The predicted octanol–water partition coefficient (Wildman–Crippen LogP) is 2.67. The Kier molecular flexibility index (Phi) is 7.91. The lowest BCUT2D eigenvalue weighted by molar-refractivity contribution is -0.127.